The van der Waals surface area contributed by atoms with Gasteiger partial charge in [-0.1, -0.05) is 72.8 Å². The number of carbonyl (C=O) groups excluding carboxylic acids is 2. The molecule has 0 saturated carbocycles. The lowest BCUT2D eigenvalue weighted by molar-refractivity contribution is -0.0219. The SMILES string of the molecule is Cc1ccc(O)cc1C(=O)N[C@@H](Cc1ccccc1)[C@H](O)[C@H](O)[C@H](Cc1ccccc1)NC(=O)c1cc(O)ccc1C. The summed E-state index contributed by atoms with van der Waals surface area (Å²) in [4.78, 5) is 26.7. The Labute approximate surface area is 245 Å². The number of rotatable bonds is 11. The number of aromatic hydroxyl groups is 2. The van der Waals surface area contributed by atoms with Gasteiger partial charge in [-0.15, -0.1) is 0 Å². The molecule has 0 bridgehead atoms. The molecule has 0 radical (unpaired) electrons. The molecule has 42 heavy (non-hydrogen) atoms. The number of phenolic OH excluding ortho intramolecular Hbond substituents is 2. The second-order valence-corrected chi connectivity index (χ2v) is 10.5. The normalized spacial score (nSPS) is 13.9. The van der Waals surface area contributed by atoms with Crippen molar-refractivity contribution in [3.63, 3.8) is 0 Å². The number of benzene rings is 4. The average molecular weight is 569 g/mol. The van der Waals surface area contributed by atoms with Crippen LogP contribution in [-0.2, 0) is 12.8 Å². The monoisotopic (exact) mass is 568 g/mol. The van der Waals surface area contributed by atoms with Crippen molar-refractivity contribution in [2.45, 2.75) is 51.0 Å². The van der Waals surface area contributed by atoms with Crippen LogP contribution in [0.15, 0.2) is 97.1 Å². The van der Waals surface area contributed by atoms with Gasteiger partial charge in [0, 0.05) is 11.1 Å². The number of aryl methyl sites for hydroxylation is 2. The summed E-state index contributed by atoms with van der Waals surface area (Å²) in [6.45, 7) is 3.47. The van der Waals surface area contributed by atoms with Crippen LogP contribution in [0.5, 0.6) is 11.5 Å². The highest BCUT2D eigenvalue weighted by Crippen LogP contribution is 2.20. The second kappa shape index (κ2) is 13.8. The topological polar surface area (TPSA) is 139 Å². The lowest BCUT2D eigenvalue weighted by atomic mass is 9.90. The van der Waals surface area contributed by atoms with Gasteiger partial charge in [-0.2, -0.15) is 0 Å². The van der Waals surface area contributed by atoms with E-state index in [1.165, 1.54) is 24.3 Å². The van der Waals surface area contributed by atoms with Crippen LogP contribution in [-0.4, -0.2) is 56.5 Å². The van der Waals surface area contributed by atoms with Gasteiger partial charge in [0.1, 0.15) is 23.7 Å². The lowest BCUT2D eigenvalue weighted by Crippen LogP contribution is -2.57. The van der Waals surface area contributed by atoms with Crippen LogP contribution in [0.25, 0.3) is 0 Å². The van der Waals surface area contributed by atoms with Crippen molar-refractivity contribution in [2.24, 2.45) is 0 Å². The molecule has 218 valence electrons. The van der Waals surface area contributed by atoms with Crippen LogP contribution in [0.4, 0.5) is 0 Å². The van der Waals surface area contributed by atoms with Crippen LogP contribution in [0.2, 0.25) is 0 Å². The minimum Gasteiger partial charge on any atom is -0.508 e. The number of carbonyl (C=O) groups is 2. The maximum Gasteiger partial charge on any atom is 0.252 e. The van der Waals surface area contributed by atoms with Crippen molar-refractivity contribution in [1.82, 2.24) is 10.6 Å². The smallest absolute Gasteiger partial charge is 0.252 e. The number of hydrogen-bond acceptors (Lipinski definition) is 6. The van der Waals surface area contributed by atoms with Crippen molar-refractivity contribution in [2.75, 3.05) is 0 Å². The molecule has 2 amide bonds. The third-order valence-corrected chi connectivity index (χ3v) is 7.34. The van der Waals surface area contributed by atoms with E-state index in [-0.39, 0.29) is 35.5 Å². The van der Waals surface area contributed by atoms with Gasteiger partial charge in [-0.05, 0) is 73.2 Å². The highest BCUT2D eigenvalue weighted by atomic mass is 16.3. The summed E-state index contributed by atoms with van der Waals surface area (Å²) in [5.74, 6) is -1.18. The largest absolute Gasteiger partial charge is 0.508 e. The quantitative estimate of drug-likeness (QED) is 0.163. The van der Waals surface area contributed by atoms with Crippen molar-refractivity contribution in [3.05, 3.63) is 130 Å². The Kier molecular flexibility index (Phi) is 9.96. The molecule has 0 aliphatic carbocycles. The van der Waals surface area contributed by atoms with Crippen LogP contribution in [0, 0.1) is 13.8 Å². The van der Waals surface area contributed by atoms with Gasteiger partial charge in [0.15, 0.2) is 0 Å². The van der Waals surface area contributed by atoms with Crippen LogP contribution < -0.4 is 10.6 Å². The molecule has 4 rings (SSSR count). The van der Waals surface area contributed by atoms with E-state index in [1.54, 1.807) is 26.0 Å². The molecule has 4 aromatic rings. The Morgan fingerprint density at radius 3 is 1.31 bits per heavy atom. The molecule has 8 nitrogen and oxygen atoms in total. The van der Waals surface area contributed by atoms with Gasteiger partial charge in [-0.3, -0.25) is 9.59 Å². The van der Waals surface area contributed by atoms with E-state index < -0.39 is 36.1 Å². The predicted molar refractivity (Wildman–Crippen MR) is 161 cm³/mol. The Bertz CT molecular complexity index is 1390. The number of aliphatic hydroxyl groups is 2. The van der Waals surface area contributed by atoms with Crippen molar-refractivity contribution >= 4 is 11.8 Å². The van der Waals surface area contributed by atoms with Gasteiger partial charge in [0.2, 0.25) is 0 Å². The fourth-order valence-electron chi connectivity index (χ4n) is 4.93. The lowest BCUT2D eigenvalue weighted by Gasteiger charge is -2.33. The summed E-state index contributed by atoms with van der Waals surface area (Å²) in [6, 6.07) is 25.5. The summed E-state index contributed by atoms with van der Waals surface area (Å²) >= 11 is 0. The molecule has 4 atom stereocenters. The number of nitrogens with one attached hydrogen (secondary N) is 2. The molecule has 0 heterocycles. The first-order valence-electron chi connectivity index (χ1n) is 13.8. The molecule has 0 aromatic heterocycles. The third kappa shape index (κ3) is 7.75. The van der Waals surface area contributed by atoms with Crippen LogP contribution >= 0.6 is 0 Å². The molecule has 0 saturated heterocycles. The molecule has 0 fully saturated rings. The Balaban J connectivity index is 1.64. The van der Waals surface area contributed by atoms with E-state index in [2.05, 4.69) is 10.6 Å². The van der Waals surface area contributed by atoms with Gasteiger partial charge < -0.3 is 31.1 Å². The molecule has 0 aliphatic rings. The first-order chi connectivity index (χ1) is 20.1. The zero-order valence-corrected chi connectivity index (χ0v) is 23.6. The van der Waals surface area contributed by atoms with E-state index in [9.17, 15) is 30.0 Å². The maximum absolute atomic E-state index is 13.3. The van der Waals surface area contributed by atoms with Crippen molar-refractivity contribution in [3.8, 4) is 11.5 Å². The number of amides is 2. The molecular formula is C34H36N2O6. The van der Waals surface area contributed by atoms with Gasteiger partial charge in [0.05, 0.1) is 12.1 Å². The molecule has 6 N–H and O–H groups in total. The third-order valence-electron chi connectivity index (χ3n) is 7.34. The number of hydrogen-bond donors (Lipinski definition) is 6. The first-order valence-corrected chi connectivity index (χ1v) is 13.8. The second-order valence-electron chi connectivity index (χ2n) is 10.5. The van der Waals surface area contributed by atoms with E-state index in [4.69, 9.17) is 0 Å². The zero-order valence-electron chi connectivity index (χ0n) is 23.6. The highest BCUT2D eigenvalue weighted by molar-refractivity contribution is 5.97. The molecule has 0 spiro atoms. The fourth-order valence-corrected chi connectivity index (χ4v) is 4.93. The van der Waals surface area contributed by atoms with E-state index in [0.29, 0.717) is 11.1 Å². The zero-order chi connectivity index (χ0) is 30.2. The van der Waals surface area contributed by atoms with Crippen LogP contribution in [0.3, 0.4) is 0 Å². The minimum absolute atomic E-state index is 0.0705. The van der Waals surface area contributed by atoms with E-state index in [1.807, 2.05) is 60.7 Å². The van der Waals surface area contributed by atoms with Gasteiger partial charge >= 0.3 is 0 Å². The molecule has 4 aromatic carbocycles. The summed E-state index contributed by atoms with van der Waals surface area (Å²) in [6.07, 6.45) is -2.60. The summed E-state index contributed by atoms with van der Waals surface area (Å²) in [5, 5.41) is 48.8. The van der Waals surface area contributed by atoms with Crippen molar-refractivity contribution < 1.29 is 30.0 Å². The Morgan fingerprint density at radius 2 is 0.952 bits per heavy atom. The Hall–Kier alpha value is -4.66. The summed E-state index contributed by atoms with van der Waals surface area (Å²) in [7, 11) is 0. The van der Waals surface area contributed by atoms with E-state index in [0.717, 1.165) is 11.1 Å². The highest BCUT2D eigenvalue weighted by Gasteiger charge is 2.35. The molecule has 0 aliphatic heterocycles. The van der Waals surface area contributed by atoms with Gasteiger partial charge in [-0.25, -0.2) is 0 Å². The first kappa shape index (κ1) is 30.3. The van der Waals surface area contributed by atoms with E-state index >= 15 is 0 Å². The average Bonchev–Trinajstić information content (AvgIpc) is 2.99. The summed E-state index contributed by atoms with van der Waals surface area (Å²) in [5.41, 5.74) is 3.39. The minimum atomic E-state index is -1.49. The molecule has 8 heteroatoms. The predicted octanol–water partition coefficient (Wildman–Crippen LogP) is 3.82. The fraction of sp³-hybridized carbons (Fsp3) is 0.235. The van der Waals surface area contributed by atoms with Crippen molar-refractivity contribution in [1.29, 1.82) is 0 Å². The van der Waals surface area contributed by atoms with Gasteiger partial charge in [0.25, 0.3) is 11.8 Å². The Morgan fingerprint density at radius 1 is 0.595 bits per heavy atom. The maximum atomic E-state index is 13.3. The number of phenols is 2. The standard InChI is InChI=1S/C34H36N2O6/c1-21-13-15-25(37)19-27(21)33(41)35-29(17-23-9-5-3-6-10-23)31(39)32(40)30(18-24-11-7-4-8-12-24)36-34(42)28-20-26(38)16-14-22(28)2/h3-16,19-20,29-32,37-40H,17-18H2,1-2H3,(H,35,41)(H,36,42)/t29-,30-,31-,32+/m0/s1. The summed E-state index contributed by atoms with van der Waals surface area (Å²) < 4.78 is 0. The molecular weight excluding hydrogens is 532 g/mol. The number of aliphatic hydroxyl groups excluding tert-OH is 2. The van der Waals surface area contributed by atoms with Crippen LogP contribution in [0.1, 0.15) is 43.0 Å². The molecule has 0 unspecified atom stereocenters.